The normalized spacial score (nSPS) is 17.5. The maximum atomic E-state index is 13.6. The van der Waals surface area contributed by atoms with Crippen LogP contribution in [0.25, 0.3) is 0 Å². The molecule has 0 unspecified atom stereocenters. The number of hydrogen-bond donors (Lipinski definition) is 1. The minimum Gasteiger partial charge on any atom is -0.462 e. The fraction of sp³-hybridized carbons (Fsp3) is 0.550. The largest absolute Gasteiger partial charge is 0.462 e. The molecule has 1 saturated heterocycles. The van der Waals surface area contributed by atoms with E-state index in [0.717, 1.165) is 5.69 Å². The SMILES string of the molecule is CCOC(=O)c1c(S(=O)(=O)N2CCC[C@H](C(=O)Nc3nc(C)cs3)C2)c(C)n(C)c1C. The van der Waals surface area contributed by atoms with Crippen molar-refractivity contribution in [3.05, 3.63) is 28.0 Å². The van der Waals surface area contributed by atoms with Crippen LogP contribution >= 0.6 is 11.3 Å². The lowest BCUT2D eigenvalue weighted by Gasteiger charge is -2.31. The van der Waals surface area contributed by atoms with E-state index in [-0.39, 0.29) is 36.1 Å². The summed E-state index contributed by atoms with van der Waals surface area (Å²) >= 11 is 1.33. The molecule has 3 rings (SSSR count). The van der Waals surface area contributed by atoms with E-state index < -0.39 is 21.9 Å². The van der Waals surface area contributed by atoms with Crippen molar-refractivity contribution in [2.75, 3.05) is 25.0 Å². The molecule has 1 fully saturated rings. The van der Waals surface area contributed by atoms with E-state index in [2.05, 4.69) is 10.3 Å². The lowest BCUT2D eigenvalue weighted by molar-refractivity contribution is -0.120. The van der Waals surface area contributed by atoms with Crippen molar-refractivity contribution < 1.29 is 22.7 Å². The first-order valence-corrected chi connectivity index (χ1v) is 12.5. The van der Waals surface area contributed by atoms with Crippen LogP contribution in [0.2, 0.25) is 0 Å². The van der Waals surface area contributed by atoms with E-state index in [9.17, 15) is 18.0 Å². The Kier molecular flexibility index (Phi) is 6.87. The van der Waals surface area contributed by atoms with Gasteiger partial charge in [-0.15, -0.1) is 11.3 Å². The summed E-state index contributed by atoms with van der Waals surface area (Å²) in [6, 6.07) is 0. The van der Waals surface area contributed by atoms with Crippen molar-refractivity contribution in [2.24, 2.45) is 13.0 Å². The molecule has 31 heavy (non-hydrogen) atoms. The minimum absolute atomic E-state index is 0.0393. The molecule has 3 heterocycles. The molecule has 170 valence electrons. The fourth-order valence-corrected chi connectivity index (χ4v) is 6.49. The molecule has 1 aliphatic rings. The Labute approximate surface area is 186 Å². The molecule has 0 spiro atoms. The lowest BCUT2D eigenvalue weighted by atomic mass is 9.99. The van der Waals surface area contributed by atoms with Crippen molar-refractivity contribution in [1.82, 2.24) is 13.9 Å². The Balaban J connectivity index is 1.89. The first-order valence-electron chi connectivity index (χ1n) is 10.1. The van der Waals surface area contributed by atoms with E-state index in [1.807, 2.05) is 12.3 Å². The van der Waals surface area contributed by atoms with Gasteiger partial charge in [-0.2, -0.15) is 4.31 Å². The number of carbonyl (C=O) groups is 2. The number of anilines is 1. The van der Waals surface area contributed by atoms with E-state index in [4.69, 9.17) is 4.74 Å². The number of aryl methyl sites for hydroxylation is 1. The third kappa shape index (κ3) is 4.53. The predicted octanol–water partition coefficient (Wildman–Crippen LogP) is 2.62. The monoisotopic (exact) mass is 468 g/mol. The van der Waals surface area contributed by atoms with Gasteiger partial charge in [-0.3, -0.25) is 4.79 Å². The van der Waals surface area contributed by atoms with Crippen molar-refractivity contribution in [1.29, 1.82) is 0 Å². The number of amides is 1. The number of aromatic nitrogens is 2. The van der Waals surface area contributed by atoms with Crippen LogP contribution in [0.3, 0.4) is 0 Å². The number of carbonyl (C=O) groups excluding carboxylic acids is 2. The minimum atomic E-state index is -4.00. The van der Waals surface area contributed by atoms with Gasteiger partial charge in [0.15, 0.2) is 5.13 Å². The second-order valence-corrected chi connectivity index (χ2v) is 10.4. The third-order valence-corrected chi connectivity index (χ3v) is 8.51. The topological polar surface area (TPSA) is 111 Å². The van der Waals surface area contributed by atoms with Gasteiger partial charge in [-0.1, -0.05) is 0 Å². The Morgan fingerprint density at radius 3 is 2.61 bits per heavy atom. The van der Waals surface area contributed by atoms with E-state index in [0.29, 0.717) is 29.4 Å². The number of nitrogens with zero attached hydrogens (tertiary/aromatic N) is 3. The van der Waals surface area contributed by atoms with Crippen molar-refractivity contribution >= 4 is 38.4 Å². The molecule has 11 heteroatoms. The zero-order valence-corrected chi connectivity index (χ0v) is 20.0. The summed E-state index contributed by atoms with van der Waals surface area (Å²) in [6.45, 7) is 7.36. The molecule has 0 bridgehead atoms. The molecule has 1 N–H and O–H groups in total. The molecule has 2 aromatic rings. The first kappa shape index (κ1) is 23.4. The van der Waals surface area contributed by atoms with Crippen molar-refractivity contribution in [3.8, 4) is 0 Å². The molecule has 0 aliphatic carbocycles. The quantitative estimate of drug-likeness (QED) is 0.653. The van der Waals surface area contributed by atoms with Gasteiger partial charge < -0.3 is 14.6 Å². The van der Waals surface area contributed by atoms with Crippen LogP contribution in [0.5, 0.6) is 0 Å². The van der Waals surface area contributed by atoms with Crippen LogP contribution in [0, 0.1) is 26.7 Å². The summed E-state index contributed by atoms with van der Waals surface area (Å²) < 4.78 is 35.3. The van der Waals surface area contributed by atoms with Crippen LogP contribution in [-0.2, 0) is 26.6 Å². The standard InChI is InChI=1S/C20H28N4O5S2/c1-6-29-19(26)16-13(3)23(5)14(4)17(16)31(27,28)24-9-7-8-15(10-24)18(25)22-20-21-12(2)11-30-20/h11,15H,6-10H2,1-5H3,(H,21,22,25)/t15-/m0/s1. The smallest absolute Gasteiger partial charge is 0.341 e. The van der Waals surface area contributed by atoms with Crippen molar-refractivity contribution in [3.63, 3.8) is 0 Å². The summed E-state index contributed by atoms with van der Waals surface area (Å²) in [4.78, 5) is 29.5. The van der Waals surface area contributed by atoms with Gasteiger partial charge in [0.05, 0.1) is 18.2 Å². The van der Waals surface area contributed by atoms with Gasteiger partial charge in [0.25, 0.3) is 0 Å². The van der Waals surface area contributed by atoms with Crippen molar-refractivity contribution in [2.45, 2.75) is 45.4 Å². The molecule has 9 nitrogen and oxygen atoms in total. The van der Waals surface area contributed by atoms with Gasteiger partial charge >= 0.3 is 5.97 Å². The third-order valence-electron chi connectivity index (χ3n) is 5.61. The summed E-state index contributed by atoms with van der Waals surface area (Å²) in [5.41, 5.74) is 1.87. The average molecular weight is 469 g/mol. The predicted molar refractivity (Wildman–Crippen MR) is 118 cm³/mol. The van der Waals surface area contributed by atoms with Gasteiger partial charge in [-0.05, 0) is 40.5 Å². The van der Waals surface area contributed by atoms with Crippen LogP contribution in [0.4, 0.5) is 5.13 Å². The van der Waals surface area contributed by atoms with E-state index in [1.165, 1.54) is 15.6 Å². The van der Waals surface area contributed by atoms with Gasteiger partial charge in [0, 0.05) is 36.9 Å². The lowest BCUT2D eigenvalue weighted by Crippen LogP contribution is -2.44. The number of rotatable bonds is 6. The van der Waals surface area contributed by atoms with Gasteiger partial charge in [0.1, 0.15) is 10.5 Å². The molecule has 1 aliphatic heterocycles. The number of ether oxygens (including phenoxy) is 1. The maximum Gasteiger partial charge on any atom is 0.341 e. The molecule has 2 aromatic heterocycles. The Bertz CT molecular complexity index is 1100. The number of esters is 1. The summed E-state index contributed by atoms with van der Waals surface area (Å²) in [6.07, 6.45) is 1.13. The van der Waals surface area contributed by atoms with Crippen LogP contribution < -0.4 is 5.32 Å². The highest BCUT2D eigenvalue weighted by Crippen LogP contribution is 2.32. The molecular formula is C20H28N4O5S2. The zero-order chi connectivity index (χ0) is 22.9. The highest BCUT2D eigenvalue weighted by atomic mass is 32.2. The number of sulfonamides is 1. The highest BCUT2D eigenvalue weighted by molar-refractivity contribution is 7.89. The Morgan fingerprint density at radius 2 is 2.00 bits per heavy atom. The molecule has 0 saturated carbocycles. The number of piperidine rings is 1. The summed E-state index contributed by atoms with van der Waals surface area (Å²) in [5, 5.41) is 5.12. The summed E-state index contributed by atoms with van der Waals surface area (Å²) in [7, 11) is -2.29. The van der Waals surface area contributed by atoms with E-state index in [1.54, 1.807) is 32.4 Å². The van der Waals surface area contributed by atoms with Gasteiger partial charge in [-0.25, -0.2) is 18.2 Å². The molecular weight excluding hydrogens is 440 g/mol. The van der Waals surface area contributed by atoms with E-state index >= 15 is 0 Å². The molecule has 1 amide bonds. The van der Waals surface area contributed by atoms with Gasteiger partial charge in [0.2, 0.25) is 15.9 Å². The van der Waals surface area contributed by atoms with Crippen LogP contribution in [0.15, 0.2) is 10.3 Å². The van der Waals surface area contributed by atoms with Crippen LogP contribution in [-0.4, -0.2) is 53.8 Å². The molecule has 0 aromatic carbocycles. The number of hydrogen-bond acceptors (Lipinski definition) is 7. The first-order chi connectivity index (χ1) is 14.6. The fourth-order valence-electron chi connectivity index (χ4n) is 3.80. The maximum absolute atomic E-state index is 13.6. The Morgan fingerprint density at radius 1 is 1.29 bits per heavy atom. The number of nitrogens with one attached hydrogen (secondary N) is 1. The summed E-state index contributed by atoms with van der Waals surface area (Å²) in [5.74, 6) is -1.41. The average Bonchev–Trinajstić information content (AvgIpc) is 3.24. The Hall–Kier alpha value is -2.24. The highest BCUT2D eigenvalue weighted by Gasteiger charge is 2.39. The molecule has 0 radical (unpaired) electrons. The number of thiazole rings is 1. The molecule has 1 atom stereocenters. The second kappa shape index (κ2) is 9.09. The van der Waals surface area contributed by atoms with Crippen LogP contribution in [0.1, 0.15) is 47.2 Å². The zero-order valence-electron chi connectivity index (χ0n) is 18.4. The second-order valence-electron chi connectivity index (χ2n) is 7.64.